The number of hydrogen-bond acceptors (Lipinski definition) is 4. The van der Waals surface area contributed by atoms with E-state index >= 15 is 0 Å². The van der Waals surface area contributed by atoms with Crippen LogP contribution in [0.5, 0.6) is 0 Å². The Balaban J connectivity index is 2.13. The van der Waals surface area contributed by atoms with E-state index in [1.165, 1.54) is 6.26 Å². The molecule has 0 amide bonds. The number of rotatable bonds is 4. The molecule has 2 rings (SSSR count). The summed E-state index contributed by atoms with van der Waals surface area (Å²) in [4.78, 5) is 7.47. The second-order valence-electron chi connectivity index (χ2n) is 4.13. The molecule has 0 saturated carbocycles. The summed E-state index contributed by atoms with van der Waals surface area (Å²) in [6, 6.07) is 6.75. The number of aromatic nitrogens is 2. The number of imidazole rings is 1. The first-order valence-electron chi connectivity index (χ1n) is 5.49. The Hall–Kier alpha value is -1.82. The predicted octanol–water partition coefficient (Wildman–Crippen LogP) is 1.73. The number of nitrogens with one attached hydrogen (secondary N) is 2. The van der Waals surface area contributed by atoms with Gasteiger partial charge in [-0.15, -0.1) is 0 Å². The molecule has 5 nitrogen and oxygen atoms in total. The van der Waals surface area contributed by atoms with Crippen molar-refractivity contribution in [2.24, 2.45) is 0 Å². The smallest absolute Gasteiger partial charge is 0.175 e. The molecule has 0 radical (unpaired) electrons. The summed E-state index contributed by atoms with van der Waals surface area (Å²) in [6.45, 7) is 2.50. The number of nitrogens with zero attached hydrogens (tertiary/aromatic N) is 1. The third-order valence-electron chi connectivity index (χ3n) is 2.66. The average Bonchev–Trinajstić information content (AvgIpc) is 2.72. The van der Waals surface area contributed by atoms with E-state index in [9.17, 15) is 8.42 Å². The van der Waals surface area contributed by atoms with Crippen molar-refractivity contribution in [3.63, 3.8) is 0 Å². The fourth-order valence-corrected chi connectivity index (χ4v) is 2.25. The van der Waals surface area contributed by atoms with E-state index in [0.717, 1.165) is 17.1 Å². The van der Waals surface area contributed by atoms with Gasteiger partial charge in [0.25, 0.3) is 0 Å². The molecule has 0 atom stereocenters. The van der Waals surface area contributed by atoms with Gasteiger partial charge in [-0.2, -0.15) is 0 Å². The number of sulfone groups is 1. The maximum Gasteiger partial charge on any atom is 0.175 e. The molecule has 0 saturated heterocycles. The highest BCUT2D eigenvalue weighted by Gasteiger charge is 2.07. The first kappa shape index (κ1) is 12.6. The van der Waals surface area contributed by atoms with E-state index in [1.54, 1.807) is 24.5 Å². The zero-order chi connectivity index (χ0) is 13.2. The molecule has 1 heterocycles. The third kappa shape index (κ3) is 2.89. The van der Waals surface area contributed by atoms with Crippen molar-refractivity contribution in [2.75, 3.05) is 11.6 Å². The van der Waals surface area contributed by atoms with Crippen LogP contribution in [0.4, 0.5) is 5.69 Å². The van der Waals surface area contributed by atoms with Gasteiger partial charge in [0.1, 0.15) is 0 Å². The molecule has 1 aromatic heterocycles. The molecule has 0 aliphatic carbocycles. The van der Waals surface area contributed by atoms with Crippen molar-refractivity contribution < 1.29 is 8.42 Å². The fraction of sp³-hybridized carbons (Fsp3) is 0.250. The number of H-pyrrole nitrogens is 1. The minimum atomic E-state index is -3.17. The van der Waals surface area contributed by atoms with Crippen LogP contribution in [0.1, 0.15) is 11.4 Å². The van der Waals surface area contributed by atoms with Crippen LogP contribution in [0, 0.1) is 6.92 Å². The first-order chi connectivity index (χ1) is 8.47. The lowest BCUT2D eigenvalue weighted by atomic mass is 10.3. The zero-order valence-corrected chi connectivity index (χ0v) is 11.1. The Morgan fingerprint density at radius 1 is 1.39 bits per heavy atom. The quantitative estimate of drug-likeness (QED) is 0.883. The molecule has 0 spiro atoms. The van der Waals surface area contributed by atoms with Crippen molar-refractivity contribution >= 4 is 15.5 Å². The largest absolute Gasteiger partial charge is 0.379 e. The second kappa shape index (κ2) is 4.81. The van der Waals surface area contributed by atoms with Gasteiger partial charge in [0.2, 0.25) is 0 Å². The number of aryl methyl sites for hydroxylation is 1. The lowest BCUT2D eigenvalue weighted by Gasteiger charge is -2.06. The third-order valence-corrected chi connectivity index (χ3v) is 3.77. The highest BCUT2D eigenvalue weighted by Crippen LogP contribution is 2.16. The lowest BCUT2D eigenvalue weighted by Crippen LogP contribution is -2.03. The second-order valence-corrected chi connectivity index (χ2v) is 6.14. The van der Waals surface area contributed by atoms with E-state index in [0.29, 0.717) is 11.4 Å². The molecular formula is C12H15N3O2S. The summed E-state index contributed by atoms with van der Waals surface area (Å²) in [5.74, 6) is 0. The van der Waals surface area contributed by atoms with Gasteiger partial charge in [-0.25, -0.2) is 13.4 Å². The highest BCUT2D eigenvalue weighted by atomic mass is 32.2. The van der Waals surface area contributed by atoms with Crippen LogP contribution in [-0.4, -0.2) is 24.6 Å². The van der Waals surface area contributed by atoms with Crippen LogP contribution < -0.4 is 5.32 Å². The van der Waals surface area contributed by atoms with Gasteiger partial charge in [-0.1, -0.05) is 6.07 Å². The number of benzene rings is 1. The van der Waals surface area contributed by atoms with Crippen molar-refractivity contribution in [3.05, 3.63) is 42.0 Å². The molecule has 0 unspecified atom stereocenters. The minimum absolute atomic E-state index is 0.311. The molecule has 0 aliphatic rings. The van der Waals surface area contributed by atoms with Crippen molar-refractivity contribution in [1.82, 2.24) is 9.97 Å². The van der Waals surface area contributed by atoms with Crippen LogP contribution in [-0.2, 0) is 16.4 Å². The van der Waals surface area contributed by atoms with Gasteiger partial charge in [-0.3, -0.25) is 0 Å². The molecule has 1 aromatic carbocycles. The van der Waals surface area contributed by atoms with E-state index in [1.807, 2.05) is 13.0 Å². The maximum absolute atomic E-state index is 11.4. The van der Waals surface area contributed by atoms with Crippen LogP contribution in [0.2, 0.25) is 0 Å². The molecule has 0 fully saturated rings. The van der Waals surface area contributed by atoms with Crippen LogP contribution in [0.15, 0.2) is 35.5 Å². The number of hydrogen-bond donors (Lipinski definition) is 2. The van der Waals surface area contributed by atoms with Crippen LogP contribution in [0.3, 0.4) is 0 Å². The lowest BCUT2D eigenvalue weighted by molar-refractivity contribution is 0.602. The van der Waals surface area contributed by atoms with E-state index in [4.69, 9.17) is 0 Å². The fourth-order valence-electron chi connectivity index (χ4n) is 1.59. The summed E-state index contributed by atoms with van der Waals surface area (Å²) in [5.41, 5.74) is 2.68. The van der Waals surface area contributed by atoms with Gasteiger partial charge in [0, 0.05) is 17.6 Å². The van der Waals surface area contributed by atoms with Crippen molar-refractivity contribution in [1.29, 1.82) is 0 Å². The van der Waals surface area contributed by atoms with Gasteiger partial charge >= 0.3 is 0 Å². The van der Waals surface area contributed by atoms with Gasteiger partial charge in [0.05, 0.1) is 23.5 Å². The topological polar surface area (TPSA) is 74.8 Å². The Morgan fingerprint density at radius 3 is 2.78 bits per heavy atom. The Morgan fingerprint density at radius 2 is 2.17 bits per heavy atom. The van der Waals surface area contributed by atoms with Crippen molar-refractivity contribution in [2.45, 2.75) is 18.4 Å². The average molecular weight is 265 g/mol. The van der Waals surface area contributed by atoms with Crippen LogP contribution in [0.25, 0.3) is 0 Å². The standard InChI is InChI=1S/C12H15N3O2S/c1-9-12(15-8-14-9)7-13-10-4-3-5-11(6-10)18(2,16)17/h3-6,8,13H,7H2,1-2H3,(H,14,15). The molecule has 96 valence electrons. The minimum Gasteiger partial charge on any atom is -0.379 e. The summed E-state index contributed by atoms with van der Waals surface area (Å²) in [7, 11) is -3.17. The highest BCUT2D eigenvalue weighted by molar-refractivity contribution is 7.90. The molecular weight excluding hydrogens is 250 g/mol. The first-order valence-corrected chi connectivity index (χ1v) is 7.39. The zero-order valence-electron chi connectivity index (χ0n) is 10.3. The molecule has 6 heteroatoms. The summed E-state index contributed by atoms with van der Waals surface area (Å²) in [6.07, 6.45) is 2.84. The molecule has 2 N–H and O–H groups in total. The van der Waals surface area contributed by atoms with Gasteiger partial charge < -0.3 is 10.3 Å². The van der Waals surface area contributed by atoms with E-state index in [2.05, 4.69) is 15.3 Å². The Kier molecular flexibility index (Phi) is 3.38. The van der Waals surface area contributed by atoms with E-state index < -0.39 is 9.84 Å². The normalized spacial score (nSPS) is 11.4. The number of aromatic amines is 1. The monoisotopic (exact) mass is 265 g/mol. The van der Waals surface area contributed by atoms with Gasteiger partial charge in [0.15, 0.2) is 9.84 Å². The summed E-state index contributed by atoms with van der Waals surface area (Å²) in [5, 5.41) is 3.15. The molecule has 2 aromatic rings. The summed E-state index contributed by atoms with van der Waals surface area (Å²) < 4.78 is 22.9. The van der Waals surface area contributed by atoms with Gasteiger partial charge in [-0.05, 0) is 25.1 Å². The molecule has 0 bridgehead atoms. The molecule has 0 aliphatic heterocycles. The Bertz CT molecular complexity index is 647. The SMILES string of the molecule is Cc1[nH]cnc1CNc1cccc(S(C)(=O)=O)c1. The number of anilines is 1. The predicted molar refractivity (Wildman–Crippen MR) is 70.2 cm³/mol. The van der Waals surface area contributed by atoms with Crippen LogP contribution >= 0.6 is 0 Å². The van der Waals surface area contributed by atoms with E-state index in [-0.39, 0.29) is 0 Å². The Labute approximate surface area is 106 Å². The van der Waals surface area contributed by atoms with Crippen molar-refractivity contribution in [3.8, 4) is 0 Å². The summed E-state index contributed by atoms with van der Waals surface area (Å²) >= 11 is 0. The molecule has 18 heavy (non-hydrogen) atoms. The maximum atomic E-state index is 11.4.